The fraction of sp³-hybridized carbons (Fsp3) is 0. The van der Waals surface area contributed by atoms with Gasteiger partial charge in [0, 0.05) is 126 Å². The van der Waals surface area contributed by atoms with Crippen LogP contribution in [0.15, 0.2) is 0 Å². The minimum absolute atomic E-state index is 0. The molecule has 0 aromatic rings. The van der Waals surface area contributed by atoms with Gasteiger partial charge in [0.1, 0.15) is 0 Å². The maximum absolute atomic E-state index is 0. The van der Waals surface area contributed by atoms with Gasteiger partial charge in [0.25, 0.3) is 0 Å². The average Bonchev–Trinajstić information content (AvgIpc) is 0. The summed E-state index contributed by atoms with van der Waals surface area (Å²) in [5.74, 6) is 0. The molecule has 0 aliphatic carbocycles. The predicted octanol–water partition coefficient (Wildman–Crippen LogP) is -1.90. The Kier molecular flexibility index (Phi) is 169. The molecule has 0 aliphatic heterocycles. The zero-order valence-corrected chi connectivity index (χ0v) is 11.0. The quantitative estimate of drug-likeness (QED) is 0.300. The van der Waals surface area contributed by atoms with Crippen LogP contribution < -0.4 is 0 Å². The Morgan fingerprint density at radius 1 is 0.400 bits per heavy atom. The summed E-state index contributed by atoms with van der Waals surface area (Å²) in [6.45, 7) is 0. The molecule has 5 radical (unpaired) electrons. The largest absolute Gasteiger partial charge is 0 e. The molecule has 0 aromatic heterocycles. The monoisotopic (exact) mass is 83.0 g/mol. The number of hydrogen-bond donors (Lipinski definition) is 0. The fourth-order valence-electron chi connectivity index (χ4n) is 0. The van der Waals surface area contributed by atoms with Gasteiger partial charge < -0.3 is 0 Å². The van der Waals surface area contributed by atoms with Gasteiger partial charge in [-0.2, -0.15) is 0 Å². The van der Waals surface area contributed by atoms with E-state index in [0.717, 1.165) is 0 Å². The summed E-state index contributed by atoms with van der Waals surface area (Å²) < 4.78 is 0. The number of rotatable bonds is 0. The number of hydrogen-bond acceptors (Lipinski definition) is 0. The zero-order valence-electron chi connectivity index (χ0n) is 5.00. The van der Waals surface area contributed by atoms with Gasteiger partial charge in [-0.3, -0.25) is 0 Å². The second-order valence-corrected chi connectivity index (χ2v) is 0. The van der Waals surface area contributed by atoms with Crippen molar-refractivity contribution in [2.45, 2.75) is 0 Å². The molecular weight excluding hydrogens is 82.9 g/mol. The standard InChI is InChI=1S/2Li.3Na. The van der Waals surface area contributed by atoms with Crippen molar-refractivity contribution in [2.75, 3.05) is 0 Å². The Morgan fingerprint density at radius 3 is 0.400 bits per heavy atom. The second-order valence-electron chi connectivity index (χ2n) is 0. The molecule has 0 nitrogen and oxygen atoms in total. The molecule has 0 heterocycles. The molecule has 0 fully saturated rings. The molecule has 0 bridgehead atoms. The third-order valence-electron chi connectivity index (χ3n) is 0. The van der Waals surface area contributed by atoms with Crippen molar-refractivity contribution in [1.82, 2.24) is 0 Å². The third kappa shape index (κ3) is 17.9. The Labute approximate surface area is 123 Å². The van der Waals surface area contributed by atoms with E-state index >= 15 is 0 Å². The van der Waals surface area contributed by atoms with Crippen LogP contribution in [0, 0.1) is 0 Å². The molecule has 5 valence electrons. The van der Waals surface area contributed by atoms with E-state index in [0.29, 0.717) is 0 Å². The van der Waals surface area contributed by atoms with Gasteiger partial charge in [-0.15, -0.1) is 0 Å². The summed E-state index contributed by atoms with van der Waals surface area (Å²) in [7, 11) is 0. The molecule has 0 saturated heterocycles. The van der Waals surface area contributed by atoms with Crippen LogP contribution in [0.1, 0.15) is 0 Å². The maximum atomic E-state index is 0. The SMILES string of the molecule is [Li].[Li].[Na].[Na].[Na]. The van der Waals surface area contributed by atoms with E-state index in [4.69, 9.17) is 0 Å². The average molecular weight is 82.9 g/mol. The molecular formula is Li2Na3. The van der Waals surface area contributed by atoms with Gasteiger partial charge in [-0.1, -0.05) is 0 Å². The molecule has 0 atom stereocenters. The second kappa shape index (κ2) is 24.1. The van der Waals surface area contributed by atoms with Crippen molar-refractivity contribution >= 4 is 126 Å². The van der Waals surface area contributed by atoms with Gasteiger partial charge >= 0.3 is 0 Å². The Hall–Kier alpha value is 4.19. The molecule has 0 saturated carbocycles. The first-order valence-electron chi connectivity index (χ1n) is 0. The normalized spacial score (nSPS) is 0. The minimum Gasteiger partial charge on any atom is 0 e. The summed E-state index contributed by atoms with van der Waals surface area (Å²) in [6.07, 6.45) is 0. The van der Waals surface area contributed by atoms with Crippen LogP contribution in [-0.4, -0.2) is 126 Å². The van der Waals surface area contributed by atoms with Crippen molar-refractivity contribution in [3.63, 3.8) is 0 Å². The van der Waals surface area contributed by atoms with Crippen LogP contribution in [0.4, 0.5) is 0 Å². The first-order valence-corrected chi connectivity index (χ1v) is 0. The van der Waals surface area contributed by atoms with Crippen molar-refractivity contribution in [3.05, 3.63) is 0 Å². The minimum atomic E-state index is 0. The molecule has 0 unspecified atom stereocenters. The van der Waals surface area contributed by atoms with Crippen LogP contribution in [0.25, 0.3) is 0 Å². The Balaban J connectivity index is 0. The van der Waals surface area contributed by atoms with Crippen molar-refractivity contribution in [1.29, 1.82) is 0 Å². The van der Waals surface area contributed by atoms with Gasteiger partial charge in [-0.05, 0) is 0 Å². The molecule has 0 amide bonds. The van der Waals surface area contributed by atoms with Crippen molar-refractivity contribution < 1.29 is 0 Å². The molecule has 0 aromatic carbocycles. The molecule has 0 aliphatic rings. The third-order valence-corrected chi connectivity index (χ3v) is 0. The first-order chi connectivity index (χ1) is 0. The van der Waals surface area contributed by atoms with Gasteiger partial charge in [0.2, 0.25) is 0 Å². The summed E-state index contributed by atoms with van der Waals surface area (Å²) in [4.78, 5) is 0. The van der Waals surface area contributed by atoms with Crippen LogP contribution in [0.3, 0.4) is 0 Å². The van der Waals surface area contributed by atoms with Crippen LogP contribution >= 0.6 is 0 Å². The summed E-state index contributed by atoms with van der Waals surface area (Å²) in [6, 6.07) is 0. The van der Waals surface area contributed by atoms with Gasteiger partial charge in [-0.25, -0.2) is 0 Å². The molecule has 5 heteroatoms. The van der Waals surface area contributed by atoms with Crippen LogP contribution in [0.2, 0.25) is 0 Å². The zero-order chi connectivity index (χ0) is 0. The first kappa shape index (κ1) is 35.1. The van der Waals surface area contributed by atoms with Gasteiger partial charge in [0.15, 0.2) is 0 Å². The smallest absolute Gasteiger partial charge is 0 e. The maximum Gasteiger partial charge on any atom is 0 e. The predicted molar refractivity (Wildman–Crippen MR) is 28.8 cm³/mol. The van der Waals surface area contributed by atoms with E-state index in [1.54, 1.807) is 0 Å². The van der Waals surface area contributed by atoms with Crippen LogP contribution in [-0.2, 0) is 0 Å². The molecule has 0 N–H and O–H groups in total. The van der Waals surface area contributed by atoms with Gasteiger partial charge in [0.05, 0.1) is 0 Å². The molecule has 5 heavy (non-hydrogen) atoms. The van der Waals surface area contributed by atoms with Crippen molar-refractivity contribution in [3.8, 4) is 0 Å². The van der Waals surface area contributed by atoms with E-state index in [1.807, 2.05) is 0 Å². The van der Waals surface area contributed by atoms with E-state index < -0.39 is 0 Å². The van der Waals surface area contributed by atoms with E-state index in [9.17, 15) is 0 Å². The van der Waals surface area contributed by atoms with E-state index in [2.05, 4.69) is 0 Å². The Morgan fingerprint density at radius 2 is 0.400 bits per heavy atom. The molecule has 0 spiro atoms. The van der Waals surface area contributed by atoms with Crippen LogP contribution in [0.5, 0.6) is 0 Å². The summed E-state index contributed by atoms with van der Waals surface area (Å²) in [5.41, 5.74) is 0. The summed E-state index contributed by atoms with van der Waals surface area (Å²) >= 11 is 0. The molecule has 0 rings (SSSR count). The topological polar surface area (TPSA) is 0 Å². The Bertz CT molecular complexity index is 4.85. The summed E-state index contributed by atoms with van der Waals surface area (Å²) in [5, 5.41) is 0. The van der Waals surface area contributed by atoms with Crippen molar-refractivity contribution in [2.24, 2.45) is 0 Å². The van der Waals surface area contributed by atoms with E-state index in [1.165, 1.54) is 0 Å². The van der Waals surface area contributed by atoms with E-state index in [-0.39, 0.29) is 126 Å². The fourth-order valence-corrected chi connectivity index (χ4v) is 0.